The molecular formula is C30H49NO4. The van der Waals surface area contributed by atoms with E-state index in [2.05, 4.69) is 32.2 Å². The lowest BCUT2D eigenvalue weighted by Gasteiger charge is -2.58. The van der Waals surface area contributed by atoms with Crippen LogP contribution in [0.2, 0.25) is 0 Å². The minimum absolute atomic E-state index is 0.0719. The summed E-state index contributed by atoms with van der Waals surface area (Å²) in [5.41, 5.74) is 1.65. The number of carboxylic acids is 1. The molecule has 35 heavy (non-hydrogen) atoms. The summed E-state index contributed by atoms with van der Waals surface area (Å²) in [5.74, 6) is 2.72. The van der Waals surface area contributed by atoms with Crippen LogP contribution < -0.4 is 5.32 Å². The van der Waals surface area contributed by atoms with Gasteiger partial charge in [0, 0.05) is 12.5 Å². The van der Waals surface area contributed by atoms with E-state index in [9.17, 15) is 14.7 Å². The van der Waals surface area contributed by atoms with E-state index in [0.717, 1.165) is 55.8 Å². The SMILES string of the molecule is CC(CCC(C)(C)O)C1CCC2C3CC=C4CC(NC(=O)CCC(=O)O)CCC4(C)C3CCC12C. The molecule has 8 unspecified atom stereocenters. The number of hydrogen-bond donors (Lipinski definition) is 3. The van der Waals surface area contributed by atoms with Crippen molar-refractivity contribution >= 4 is 11.9 Å². The average Bonchev–Trinajstić information content (AvgIpc) is 3.13. The molecule has 4 aliphatic carbocycles. The molecule has 3 fully saturated rings. The summed E-state index contributed by atoms with van der Waals surface area (Å²) in [5, 5.41) is 22.2. The van der Waals surface area contributed by atoms with Crippen molar-refractivity contribution in [3.05, 3.63) is 11.6 Å². The van der Waals surface area contributed by atoms with Gasteiger partial charge in [-0.25, -0.2) is 0 Å². The molecule has 0 bridgehead atoms. The Kier molecular flexibility index (Phi) is 7.50. The van der Waals surface area contributed by atoms with Gasteiger partial charge in [0.05, 0.1) is 12.0 Å². The molecule has 4 aliphatic rings. The van der Waals surface area contributed by atoms with Crippen molar-refractivity contribution in [3.63, 3.8) is 0 Å². The lowest BCUT2D eigenvalue weighted by atomic mass is 9.47. The summed E-state index contributed by atoms with van der Waals surface area (Å²) >= 11 is 0. The van der Waals surface area contributed by atoms with Gasteiger partial charge in [-0.3, -0.25) is 9.59 Å². The van der Waals surface area contributed by atoms with E-state index in [0.29, 0.717) is 11.3 Å². The first-order chi connectivity index (χ1) is 16.3. The second kappa shape index (κ2) is 9.84. The van der Waals surface area contributed by atoms with Crippen LogP contribution in [0.3, 0.4) is 0 Å². The van der Waals surface area contributed by atoms with Crippen LogP contribution in [0.25, 0.3) is 0 Å². The minimum atomic E-state index is -0.914. The molecule has 4 rings (SSSR count). The number of fused-ring (bicyclic) bond motifs is 5. The van der Waals surface area contributed by atoms with E-state index in [1.165, 1.54) is 32.1 Å². The first-order valence-electron chi connectivity index (χ1n) is 14.3. The molecule has 198 valence electrons. The number of allylic oxidation sites excluding steroid dienone is 1. The number of carbonyl (C=O) groups is 2. The smallest absolute Gasteiger partial charge is 0.303 e. The third kappa shape index (κ3) is 5.36. The van der Waals surface area contributed by atoms with Crippen molar-refractivity contribution in [2.45, 2.75) is 123 Å². The summed E-state index contributed by atoms with van der Waals surface area (Å²) in [4.78, 5) is 23.0. The van der Waals surface area contributed by atoms with Crippen molar-refractivity contribution in [3.8, 4) is 0 Å². The molecule has 8 atom stereocenters. The van der Waals surface area contributed by atoms with Crippen molar-refractivity contribution in [1.29, 1.82) is 0 Å². The van der Waals surface area contributed by atoms with Crippen LogP contribution in [0.1, 0.15) is 112 Å². The van der Waals surface area contributed by atoms with Gasteiger partial charge in [-0.2, -0.15) is 0 Å². The number of carbonyl (C=O) groups excluding carboxylic acids is 1. The normalized spacial score (nSPS) is 39.6. The molecule has 5 nitrogen and oxygen atoms in total. The number of rotatable bonds is 8. The summed E-state index contributed by atoms with van der Waals surface area (Å²) in [6, 6.07) is 0.147. The standard InChI is InChI=1S/C30H49NO4/c1-19(12-15-28(2,3)35)23-8-9-24-22-7-6-20-18-21(31-26(32)10-11-27(33)34)13-16-29(20,4)25(22)14-17-30(23,24)5/h6,19,21-25,35H,7-18H2,1-5H3,(H,31,32)(H,33,34). The fraction of sp³-hybridized carbons (Fsp3) is 0.867. The third-order valence-electron chi connectivity index (χ3n) is 11.0. The Balaban J connectivity index is 1.42. The molecule has 0 aliphatic heterocycles. The zero-order chi connectivity index (χ0) is 25.6. The molecule has 0 aromatic carbocycles. The number of aliphatic carboxylic acids is 1. The maximum absolute atomic E-state index is 12.2. The van der Waals surface area contributed by atoms with E-state index >= 15 is 0 Å². The fourth-order valence-electron chi connectivity index (χ4n) is 9.06. The second-order valence-corrected chi connectivity index (χ2v) is 13.7. The van der Waals surface area contributed by atoms with Crippen molar-refractivity contribution in [2.24, 2.45) is 40.4 Å². The molecular weight excluding hydrogens is 438 g/mol. The van der Waals surface area contributed by atoms with E-state index < -0.39 is 11.6 Å². The lowest BCUT2D eigenvalue weighted by molar-refractivity contribution is -0.139. The zero-order valence-electron chi connectivity index (χ0n) is 22.7. The Hall–Kier alpha value is -1.36. The maximum Gasteiger partial charge on any atom is 0.303 e. The first-order valence-corrected chi connectivity index (χ1v) is 14.3. The van der Waals surface area contributed by atoms with Crippen LogP contribution in [0.15, 0.2) is 11.6 Å². The fourth-order valence-corrected chi connectivity index (χ4v) is 9.06. The molecule has 0 aromatic heterocycles. The average molecular weight is 488 g/mol. The number of nitrogens with one attached hydrogen (secondary N) is 1. The topological polar surface area (TPSA) is 86.6 Å². The van der Waals surface area contributed by atoms with Crippen molar-refractivity contribution in [2.75, 3.05) is 0 Å². The number of hydrogen-bond acceptors (Lipinski definition) is 3. The van der Waals surface area contributed by atoms with Gasteiger partial charge in [-0.1, -0.05) is 32.4 Å². The highest BCUT2D eigenvalue weighted by molar-refractivity contribution is 5.80. The van der Waals surface area contributed by atoms with Crippen LogP contribution in [0.5, 0.6) is 0 Å². The summed E-state index contributed by atoms with van der Waals surface area (Å²) in [6.45, 7) is 11.4. The molecule has 0 aromatic rings. The maximum atomic E-state index is 12.2. The Morgan fingerprint density at radius 3 is 2.54 bits per heavy atom. The number of carboxylic acid groups (broad SMARTS) is 1. The van der Waals surface area contributed by atoms with Gasteiger partial charge in [0.2, 0.25) is 5.91 Å². The predicted molar refractivity (Wildman–Crippen MR) is 139 cm³/mol. The van der Waals surface area contributed by atoms with Gasteiger partial charge in [0.15, 0.2) is 0 Å². The van der Waals surface area contributed by atoms with E-state index in [1.54, 1.807) is 5.57 Å². The van der Waals surface area contributed by atoms with E-state index in [-0.39, 0.29) is 30.2 Å². The minimum Gasteiger partial charge on any atom is -0.481 e. The Morgan fingerprint density at radius 1 is 1.11 bits per heavy atom. The van der Waals surface area contributed by atoms with Crippen LogP contribution in [0, 0.1) is 40.4 Å². The molecule has 0 spiro atoms. The molecule has 0 radical (unpaired) electrons. The van der Waals surface area contributed by atoms with E-state index in [4.69, 9.17) is 5.11 Å². The largest absolute Gasteiger partial charge is 0.481 e. The van der Waals surface area contributed by atoms with Crippen molar-refractivity contribution in [1.82, 2.24) is 5.32 Å². The Morgan fingerprint density at radius 2 is 1.86 bits per heavy atom. The highest BCUT2D eigenvalue weighted by Gasteiger charge is 2.59. The van der Waals surface area contributed by atoms with Gasteiger partial charge < -0.3 is 15.5 Å². The monoisotopic (exact) mass is 487 g/mol. The molecule has 3 N–H and O–H groups in total. The highest BCUT2D eigenvalue weighted by Crippen LogP contribution is 2.67. The molecule has 5 heteroatoms. The quantitative estimate of drug-likeness (QED) is 0.361. The number of amides is 1. The molecule has 3 saturated carbocycles. The lowest BCUT2D eigenvalue weighted by Crippen LogP contribution is -2.52. The summed E-state index contributed by atoms with van der Waals surface area (Å²) < 4.78 is 0. The predicted octanol–water partition coefficient (Wildman–Crippen LogP) is 6.10. The van der Waals surface area contributed by atoms with Crippen LogP contribution in [-0.4, -0.2) is 33.7 Å². The first kappa shape index (κ1) is 26.7. The zero-order valence-corrected chi connectivity index (χ0v) is 22.7. The van der Waals surface area contributed by atoms with Crippen LogP contribution in [-0.2, 0) is 9.59 Å². The highest BCUT2D eigenvalue weighted by atomic mass is 16.4. The Bertz CT molecular complexity index is 844. The molecule has 0 heterocycles. The van der Waals surface area contributed by atoms with Gasteiger partial charge in [-0.15, -0.1) is 0 Å². The number of aliphatic hydroxyl groups is 1. The molecule has 0 saturated heterocycles. The third-order valence-corrected chi connectivity index (χ3v) is 11.0. The van der Waals surface area contributed by atoms with Gasteiger partial charge in [-0.05, 0) is 118 Å². The van der Waals surface area contributed by atoms with Gasteiger partial charge in [0.25, 0.3) is 0 Å². The van der Waals surface area contributed by atoms with Crippen LogP contribution >= 0.6 is 0 Å². The second-order valence-electron chi connectivity index (χ2n) is 13.7. The Labute approximate surface area is 212 Å². The van der Waals surface area contributed by atoms with Crippen LogP contribution in [0.4, 0.5) is 0 Å². The van der Waals surface area contributed by atoms with Gasteiger partial charge in [0.1, 0.15) is 0 Å². The van der Waals surface area contributed by atoms with Gasteiger partial charge >= 0.3 is 5.97 Å². The molecule has 1 amide bonds. The van der Waals surface area contributed by atoms with E-state index in [1.807, 2.05) is 13.8 Å². The summed E-state index contributed by atoms with van der Waals surface area (Å²) in [6.07, 6.45) is 14.1. The van der Waals surface area contributed by atoms with Crippen molar-refractivity contribution < 1.29 is 19.8 Å². The summed E-state index contributed by atoms with van der Waals surface area (Å²) in [7, 11) is 0.